The summed E-state index contributed by atoms with van der Waals surface area (Å²) in [4.78, 5) is 28.0. The molecule has 0 aliphatic carbocycles. The fourth-order valence-corrected chi connectivity index (χ4v) is 3.55. The minimum absolute atomic E-state index is 0.0183. The number of amides is 1. The van der Waals surface area contributed by atoms with Crippen LogP contribution in [0.5, 0.6) is 0 Å². The lowest BCUT2D eigenvalue weighted by atomic mass is 10.1. The van der Waals surface area contributed by atoms with E-state index < -0.39 is 5.91 Å². The van der Waals surface area contributed by atoms with E-state index in [0.717, 1.165) is 23.2 Å². The average Bonchev–Trinajstić information content (AvgIpc) is 2.82. The SMILES string of the molecule is NCCc1ccc(-c2cnc(N)c(C(=O)Nc3c(N4CCOCC4)ccnc3N)n2)cc1. The number of nitrogen functional groups attached to an aromatic ring is 2. The van der Waals surface area contributed by atoms with Crippen LogP contribution in [0.4, 0.5) is 23.0 Å². The van der Waals surface area contributed by atoms with E-state index in [2.05, 4.69) is 25.2 Å². The Balaban J connectivity index is 1.61. The summed E-state index contributed by atoms with van der Waals surface area (Å²) in [5, 5.41) is 2.83. The molecule has 1 saturated heterocycles. The van der Waals surface area contributed by atoms with Crippen molar-refractivity contribution < 1.29 is 9.53 Å². The highest BCUT2D eigenvalue weighted by Crippen LogP contribution is 2.31. The van der Waals surface area contributed by atoms with E-state index in [-0.39, 0.29) is 17.3 Å². The number of ether oxygens (including phenoxy) is 1. The summed E-state index contributed by atoms with van der Waals surface area (Å²) in [6.07, 6.45) is 3.94. The molecule has 0 bridgehead atoms. The van der Waals surface area contributed by atoms with Gasteiger partial charge in [0.15, 0.2) is 11.5 Å². The van der Waals surface area contributed by atoms with Crippen LogP contribution in [-0.2, 0) is 11.2 Å². The molecule has 0 unspecified atom stereocenters. The van der Waals surface area contributed by atoms with Crippen LogP contribution in [0.25, 0.3) is 11.3 Å². The van der Waals surface area contributed by atoms with Crippen LogP contribution in [0.2, 0.25) is 0 Å². The molecule has 32 heavy (non-hydrogen) atoms. The Hall–Kier alpha value is -3.76. The first-order valence-corrected chi connectivity index (χ1v) is 10.4. The van der Waals surface area contributed by atoms with Crippen LogP contribution < -0.4 is 27.4 Å². The van der Waals surface area contributed by atoms with Crippen molar-refractivity contribution in [2.45, 2.75) is 6.42 Å². The zero-order valence-electron chi connectivity index (χ0n) is 17.6. The lowest BCUT2D eigenvalue weighted by Gasteiger charge is -2.30. The molecular weight excluding hydrogens is 408 g/mol. The van der Waals surface area contributed by atoms with Gasteiger partial charge in [-0.25, -0.2) is 15.0 Å². The summed E-state index contributed by atoms with van der Waals surface area (Å²) in [7, 11) is 0. The fourth-order valence-electron chi connectivity index (χ4n) is 3.55. The molecule has 0 saturated carbocycles. The van der Waals surface area contributed by atoms with Crippen molar-refractivity contribution in [3.05, 3.63) is 54.0 Å². The van der Waals surface area contributed by atoms with Crippen molar-refractivity contribution >= 4 is 28.9 Å². The van der Waals surface area contributed by atoms with E-state index in [9.17, 15) is 4.79 Å². The highest BCUT2D eigenvalue weighted by Gasteiger charge is 2.21. The minimum atomic E-state index is -0.509. The van der Waals surface area contributed by atoms with Crippen LogP contribution in [-0.4, -0.2) is 53.7 Å². The number of morpholine rings is 1. The van der Waals surface area contributed by atoms with Crippen molar-refractivity contribution in [1.82, 2.24) is 15.0 Å². The zero-order chi connectivity index (χ0) is 22.5. The Morgan fingerprint density at radius 2 is 1.81 bits per heavy atom. The van der Waals surface area contributed by atoms with Gasteiger partial charge in [0.05, 0.1) is 30.8 Å². The summed E-state index contributed by atoms with van der Waals surface area (Å²) in [6, 6.07) is 9.60. The molecule has 1 aromatic carbocycles. The standard InChI is InChI=1S/C22H26N8O2/c23-7-5-14-1-3-15(4-2-14)16-13-27-21(25)19(28-16)22(31)29-18-17(6-8-26-20(18)24)30-9-11-32-12-10-30/h1-4,6,8,13H,5,7,9-12,23H2,(H2,24,26)(H2,25,27)(H,29,31). The van der Waals surface area contributed by atoms with Gasteiger partial charge in [-0.15, -0.1) is 0 Å². The summed E-state index contributed by atoms with van der Waals surface area (Å²) < 4.78 is 5.42. The Labute approximate surface area is 185 Å². The predicted octanol–water partition coefficient (Wildman–Crippen LogP) is 1.29. The molecule has 10 heteroatoms. The summed E-state index contributed by atoms with van der Waals surface area (Å²) >= 11 is 0. The largest absolute Gasteiger partial charge is 0.382 e. The Morgan fingerprint density at radius 3 is 2.53 bits per heavy atom. The van der Waals surface area contributed by atoms with E-state index in [0.29, 0.717) is 44.2 Å². The first kappa shape index (κ1) is 21.5. The smallest absolute Gasteiger partial charge is 0.278 e. The van der Waals surface area contributed by atoms with Gasteiger partial charge in [-0.05, 0) is 24.6 Å². The van der Waals surface area contributed by atoms with Gasteiger partial charge in [0.2, 0.25) is 0 Å². The molecule has 0 atom stereocenters. The zero-order valence-corrected chi connectivity index (χ0v) is 17.6. The number of carbonyl (C=O) groups is 1. The van der Waals surface area contributed by atoms with Crippen LogP contribution in [0, 0.1) is 0 Å². The number of pyridine rings is 1. The minimum Gasteiger partial charge on any atom is -0.382 e. The summed E-state index contributed by atoms with van der Waals surface area (Å²) in [5.74, 6) is -0.271. The number of carbonyl (C=O) groups excluding carboxylic acids is 1. The molecule has 3 heterocycles. The van der Waals surface area contributed by atoms with E-state index in [1.807, 2.05) is 30.3 Å². The average molecular weight is 435 g/mol. The third-order valence-corrected chi connectivity index (χ3v) is 5.25. The molecule has 7 N–H and O–H groups in total. The van der Waals surface area contributed by atoms with Crippen molar-refractivity contribution in [1.29, 1.82) is 0 Å². The number of hydrogen-bond acceptors (Lipinski definition) is 9. The van der Waals surface area contributed by atoms with Gasteiger partial charge in [-0.1, -0.05) is 24.3 Å². The number of anilines is 4. The van der Waals surface area contributed by atoms with Gasteiger partial charge in [-0.3, -0.25) is 4.79 Å². The maximum Gasteiger partial charge on any atom is 0.278 e. The normalized spacial score (nSPS) is 13.7. The molecular formula is C22H26N8O2. The number of hydrogen-bond donors (Lipinski definition) is 4. The maximum atomic E-state index is 13.1. The molecule has 3 aromatic rings. The second-order valence-corrected chi connectivity index (χ2v) is 7.37. The van der Waals surface area contributed by atoms with Gasteiger partial charge < -0.3 is 32.2 Å². The predicted molar refractivity (Wildman–Crippen MR) is 124 cm³/mol. The van der Waals surface area contributed by atoms with Crippen LogP contribution in [0.3, 0.4) is 0 Å². The molecule has 10 nitrogen and oxygen atoms in total. The number of nitrogens with zero attached hydrogens (tertiary/aromatic N) is 4. The molecule has 0 spiro atoms. The highest BCUT2D eigenvalue weighted by atomic mass is 16.5. The van der Waals surface area contributed by atoms with Gasteiger partial charge in [-0.2, -0.15) is 0 Å². The van der Waals surface area contributed by atoms with Crippen LogP contribution in [0.15, 0.2) is 42.7 Å². The molecule has 0 radical (unpaired) electrons. The molecule has 166 valence electrons. The monoisotopic (exact) mass is 434 g/mol. The lowest BCUT2D eigenvalue weighted by molar-refractivity contribution is 0.102. The van der Waals surface area contributed by atoms with Gasteiger partial charge in [0.1, 0.15) is 11.5 Å². The Bertz CT molecular complexity index is 1100. The number of rotatable bonds is 6. The van der Waals surface area contributed by atoms with Crippen molar-refractivity contribution in [2.75, 3.05) is 54.5 Å². The highest BCUT2D eigenvalue weighted by molar-refractivity contribution is 6.09. The maximum absolute atomic E-state index is 13.1. The van der Waals surface area contributed by atoms with E-state index >= 15 is 0 Å². The quantitative estimate of drug-likeness (QED) is 0.448. The molecule has 1 aliphatic heterocycles. The van der Waals surface area contributed by atoms with E-state index in [1.54, 1.807) is 12.4 Å². The number of benzene rings is 1. The van der Waals surface area contributed by atoms with E-state index in [4.69, 9.17) is 21.9 Å². The number of aromatic nitrogens is 3. The molecule has 4 rings (SSSR count). The second kappa shape index (κ2) is 9.58. The molecule has 2 aromatic heterocycles. The van der Waals surface area contributed by atoms with Crippen molar-refractivity contribution in [3.63, 3.8) is 0 Å². The molecule has 1 amide bonds. The van der Waals surface area contributed by atoms with Gasteiger partial charge in [0.25, 0.3) is 5.91 Å². The first-order valence-electron chi connectivity index (χ1n) is 10.4. The van der Waals surface area contributed by atoms with Crippen molar-refractivity contribution in [3.8, 4) is 11.3 Å². The van der Waals surface area contributed by atoms with Crippen molar-refractivity contribution in [2.24, 2.45) is 5.73 Å². The lowest BCUT2D eigenvalue weighted by Crippen LogP contribution is -2.37. The van der Waals surface area contributed by atoms with Gasteiger partial charge >= 0.3 is 0 Å². The fraction of sp³-hybridized carbons (Fsp3) is 0.273. The third kappa shape index (κ3) is 4.61. The Morgan fingerprint density at radius 1 is 1.06 bits per heavy atom. The Kier molecular flexibility index (Phi) is 6.43. The summed E-state index contributed by atoms with van der Waals surface area (Å²) in [6.45, 7) is 3.14. The third-order valence-electron chi connectivity index (χ3n) is 5.25. The van der Waals surface area contributed by atoms with Gasteiger partial charge in [0, 0.05) is 24.8 Å². The van der Waals surface area contributed by atoms with Crippen LogP contribution in [0.1, 0.15) is 16.1 Å². The number of nitrogens with one attached hydrogen (secondary N) is 1. The number of nitrogens with two attached hydrogens (primary N) is 3. The first-order chi connectivity index (χ1) is 15.6. The molecule has 1 aliphatic rings. The molecule has 1 fully saturated rings. The topological polar surface area (TPSA) is 158 Å². The van der Waals surface area contributed by atoms with Crippen LogP contribution >= 0.6 is 0 Å². The second-order valence-electron chi connectivity index (χ2n) is 7.37. The van der Waals surface area contributed by atoms with E-state index in [1.165, 1.54) is 0 Å². The summed E-state index contributed by atoms with van der Waals surface area (Å²) in [5.41, 5.74) is 21.4.